The molecule has 7 nitrogen and oxygen atoms in total. The van der Waals surface area contributed by atoms with Gasteiger partial charge in [-0.2, -0.15) is 0 Å². The van der Waals surface area contributed by atoms with Crippen LogP contribution in [0.4, 0.5) is 0 Å². The molecule has 0 unspecified atom stereocenters. The number of aryl methyl sites for hydroxylation is 1. The summed E-state index contributed by atoms with van der Waals surface area (Å²) in [6, 6.07) is 10.4. The third-order valence-corrected chi connectivity index (χ3v) is 5.58. The number of aromatic amines is 1. The molecule has 0 aliphatic carbocycles. The maximum absolute atomic E-state index is 12.8. The van der Waals surface area contributed by atoms with Gasteiger partial charge in [0.25, 0.3) is 5.56 Å². The van der Waals surface area contributed by atoms with E-state index in [0.29, 0.717) is 16.5 Å². The average molecular weight is 403 g/mol. The molecule has 1 aliphatic heterocycles. The highest BCUT2D eigenvalue weighted by molar-refractivity contribution is 5.94. The Morgan fingerprint density at radius 3 is 2.77 bits per heavy atom. The van der Waals surface area contributed by atoms with Crippen molar-refractivity contribution in [2.75, 3.05) is 0 Å². The maximum Gasteiger partial charge on any atom is 0.364 e. The van der Waals surface area contributed by atoms with Crippen molar-refractivity contribution in [1.82, 2.24) is 14.3 Å². The van der Waals surface area contributed by atoms with E-state index in [1.54, 1.807) is 24.3 Å². The average Bonchev–Trinajstić information content (AvgIpc) is 3.14. The van der Waals surface area contributed by atoms with E-state index < -0.39 is 11.2 Å². The molecule has 3 heterocycles. The number of hydrogen-bond acceptors (Lipinski definition) is 4. The highest BCUT2D eigenvalue weighted by atomic mass is 16.5. The van der Waals surface area contributed by atoms with Crippen LogP contribution in [0.25, 0.3) is 27.9 Å². The van der Waals surface area contributed by atoms with Crippen molar-refractivity contribution in [1.29, 1.82) is 0 Å². The smallest absolute Gasteiger partial charge is 0.364 e. The summed E-state index contributed by atoms with van der Waals surface area (Å²) in [5.41, 5.74) is 1.59. The molecule has 0 fully saturated rings. The van der Waals surface area contributed by atoms with Gasteiger partial charge in [-0.25, -0.2) is 4.79 Å². The number of nitrogens with zero attached hydrogens (tertiary/aromatic N) is 2. The lowest BCUT2D eigenvalue weighted by Gasteiger charge is -2.28. The Balaban J connectivity index is 1.57. The Morgan fingerprint density at radius 1 is 1.13 bits per heavy atom. The van der Waals surface area contributed by atoms with Gasteiger partial charge in [0.1, 0.15) is 11.4 Å². The van der Waals surface area contributed by atoms with E-state index in [0.717, 1.165) is 32.3 Å². The lowest BCUT2D eigenvalue weighted by atomic mass is 9.97. The molecule has 7 heteroatoms. The number of nitrogens with one attached hydrogen (secondary N) is 1. The first-order valence-electron chi connectivity index (χ1n) is 9.81. The number of benzene rings is 2. The van der Waals surface area contributed by atoms with Crippen LogP contribution in [-0.4, -0.2) is 25.1 Å². The van der Waals surface area contributed by atoms with Crippen LogP contribution >= 0.6 is 0 Å². The van der Waals surface area contributed by atoms with E-state index in [1.165, 1.54) is 0 Å². The van der Waals surface area contributed by atoms with Crippen molar-refractivity contribution < 1.29 is 9.94 Å². The summed E-state index contributed by atoms with van der Waals surface area (Å²) in [5, 5.41) is 11.5. The molecule has 0 amide bonds. The first-order valence-corrected chi connectivity index (χ1v) is 9.81. The van der Waals surface area contributed by atoms with Crippen LogP contribution in [0.5, 0.6) is 5.75 Å². The number of aromatic nitrogens is 3. The van der Waals surface area contributed by atoms with E-state index in [1.807, 2.05) is 38.3 Å². The second-order valence-electron chi connectivity index (χ2n) is 8.07. The number of para-hydroxylation sites is 1. The van der Waals surface area contributed by atoms with Crippen molar-refractivity contribution in [3.05, 3.63) is 80.6 Å². The van der Waals surface area contributed by atoms with E-state index >= 15 is 0 Å². The van der Waals surface area contributed by atoms with Gasteiger partial charge in [-0.3, -0.25) is 9.36 Å². The minimum Gasteiger partial charge on any atom is -0.483 e. The summed E-state index contributed by atoms with van der Waals surface area (Å²) in [6.07, 6.45) is 6.41. The predicted octanol–water partition coefficient (Wildman–Crippen LogP) is 3.31. The Bertz CT molecular complexity index is 1450. The van der Waals surface area contributed by atoms with E-state index in [-0.39, 0.29) is 17.7 Å². The number of fused-ring (bicyclic) bond motifs is 4. The fourth-order valence-corrected chi connectivity index (χ4v) is 4.08. The van der Waals surface area contributed by atoms with Gasteiger partial charge in [-0.1, -0.05) is 18.2 Å². The minimum atomic E-state index is -0.745. The standard InChI is InChI=1S/C23H21N3O4/c1-23(2)11-9-16-19(30-23)8-7-17-20(16)14(13-24-17)10-12-25-21(27)15-5-3-4-6-18(15)26(29)22(25)28/h3-9,11,13,24,29H,10,12H2,1-2H3. The fraction of sp³-hybridized carbons (Fsp3) is 0.217. The van der Waals surface area contributed by atoms with Crippen LogP contribution in [0.15, 0.2) is 58.3 Å². The zero-order chi connectivity index (χ0) is 21.0. The topological polar surface area (TPSA) is 89.3 Å². The third-order valence-electron chi connectivity index (χ3n) is 5.58. The normalized spacial score (nSPS) is 14.7. The number of hydrogen-bond donors (Lipinski definition) is 2. The Hall–Kier alpha value is -3.74. The first-order chi connectivity index (χ1) is 14.4. The van der Waals surface area contributed by atoms with Crippen LogP contribution in [0.1, 0.15) is 25.0 Å². The van der Waals surface area contributed by atoms with Gasteiger partial charge in [-0.15, -0.1) is 4.73 Å². The molecule has 0 saturated heterocycles. The molecule has 152 valence electrons. The summed E-state index contributed by atoms with van der Waals surface area (Å²) >= 11 is 0. The first kappa shape index (κ1) is 18.3. The summed E-state index contributed by atoms with van der Waals surface area (Å²) in [4.78, 5) is 28.7. The largest absolute Gasteiger partial charge is 0.483 e. The Kier molecular flexibility index (Phi) is 3.89. The summed E-state index contributed by atoms with van der Waals surface area (Å²) in [6.45, 7) is 4.15. The molecule has 30 heavy (non-hydrogen) atoms. The summed E-state index contributed by atoms with van der Waals surface area (Å²) < 4.78 is 7.68. The molecule has 0 spiro atoms. The molecular formula is C23H21N3O4. The highest BCUT2D eigenvalue weighted by Gasteiger charge is 2.24. The second kappa shape index (κ2) is 6.38. The van der Waals surface area contributed by atoms with Crippen molar-refractivity contribution in [3.8, 4) is 5.75 Å². The van der Waals surface area contributed by atoms with Crippen LogP contribution < -0.4 is 16.0 Å². The van der Waals surface area contributed by atoms with Crippen molar-refractivity contribution in [2.24, 2.45) is 0 Å². The van der Waals surface area contributed by atoms with Crippen molar-refractivity contribution >= 4 is 27.9 Å². The van der Waals surface area contributed by atoms with Gasteiger partial charge in [0.15, 0.2) is 0 Å². The van der Waals surface area contributed by atoms with Crippen LogP contribution in [0.2, 0.25) is 0 Å². The number of rotatable bonds is 3. The van der Waals surface area contributed by atoms with Gasteiger partial charge in [-0.05, 0) is 56.2 Å². The van der Waals surface area contributed by atoms with Gasteiger partial charge in [0.2, 0.25) is 0 Å². The lowest BCUT2D eigenvalue weighted by molar-refractivity contribution is 0.159. The SMILES string of the molecule is CC1(C)C=Cc2c(ccc3[nH]cc(CCn4c(=O)c5ccccc5n(O)c4=O)c23)O1. The van der Waals surface area contributed by atoms with Gasteiger partial charge in [0.05, 0.1) is 10.9 Å². The molecule has 0 saturated carbocycles. The molecule has 0 bridgehead atoms. The summed E-state index contributed by atoms with van der Waals surface area (Å²) in [7, 11) is 0. The molecule has 0 atom stereocenters. The monoisotopic (exact) mass is 403 g/mol. The second-order valence-corrected chi connectivity index (χ2v) is 8.07. The van der Waals surface area contributed by atoms with E-state index in [2.05, 4.69) is 11.1 Å². The molecule has 2 N–H and O–H groups in total. The van der Waals surface area contributed by atoms with Gasteiger partial charge >= 0.3 is 5.69 Å². The lowest BCUT2D eigenvalue weighted by Crippen LogP contribution is -2.39. The molecule has 2 aromatic heterocycles. The Labute approximate surface area is 171 Å². The van der Waals surface area contributed by atoms with Gasteiger partial charge < -0.3 is 14.9 Å². The molecule has 2 aromatic carbocycles. The molecule has 4 aromatic rings. The van der Waals surface area contributed by atoms with Crippen LogP contribution in [-0.2, 0) is 13.0 Å². The predicted molar refractivity (Wildman–Crippen MR) is 115 cm³/mol. The number of H-pyrrole nitrogens is 1. The molecular weight excluding hydrogens is 382 g/mol. The van der Waals surface area contributed by atoms with Crippen LogP contribution in [0.3, 0.4) is 0 Å². The van der Waals surface area contributed by atoms with Crippen molar-refractivity contribution in [2.45, 2.75) is 32.4 Å². The molecule has 0 radical (unpaired) electrons. The molecule has 5 rings (SSSR count). The summed E-state index contributed by atoms with van der Waals surface area (Å²) in [5.74, 6) is 0.802. The quantitative estimate of drug-likeness (QED) is 0.514. The van der Waals surface area contributed by atoms with E-state index in [4.69, 9.17) is 4.74 Å². The fourth-order valence-electron chi connectivity index (χ4n) is 4.08. The van der Waals surface area contributed by atoms with Gasteiger partial charge in [0, 0.05) is 29.2 Å². The number of ether oxygens (including phenoxy) is 1. The van der Waals surface area contributed by atoms with Crippen molar-refractivity contribution in [3.63, 3.8) is 0 Å². The minimum absolute atomic E-state index is 0.149. The third kappa shape index (κ3) is 2.74. The maximum atomic E-state index is 12.8. The highest BCUT2D eigenvalue weighted by Crippen LogP contribution is 2.37. The van der Waals surface area contributed by atoms with E-state index in [9.17, 15) is 14.8 Å². The zero-order valence-electron chi connectivity index (χ0n) is 16.7. The zero-order valence-corrected chi connectivity index (χ0v) is 16.7. The Morgan fingerprint density at radius 2 is 1.93 bits per heavy atom. The molecule has 1 aliphatic rings. The van der Waals surface area contributed by atoms with Crippen LogP contribution in [0, 0.1) is 0 Å².